The van der Waals surface area contributed by atoms with Gasteiger partial charge in [0.05, 0.1) is 19.0 Å². The molecular formula is C10H23NO3S2. The molecule has 0 aliphatic heterocycles. The lowest BCUT2D eigenvalue weighted by atomic mass is 10.5. The molecule has 4 nitrogen and oxygen atoms in total. The maximum absolute atomic E-state index is 10.8. The van der Waals surface area contributed by atoms with E-state index in [9.17, 15) is 8.42 Å². The van der Waals surface area contributed by atoms with Crippen LogP contribution in [0.3, 0.4) is 0 Å². The summed E-state index contributed by atoms with van der Waals surface area (Å²) in [5.74, 6) is 2.48. The van der Waals surface area contributed by atoms with Gasteiger partial charge >= 0.3 is 0 Å². The van der Waals surface area contributed by atoms with Gasteiger partial charge in [0, 0.05) is 12.8 Å². The van der Waals surface area contributed by atoms with Crippen molar-refractivity contribution in [3.05, 3.63) is 0 Å². The highest BCUT2D eigenvalue weighted by Crippen LogP contribution is 1.99. The van der Waals surface area contributed by atoms with E-state index in [1.807, 2.05) is 11.8 Å². The van der Waals surface area contributed by atoms with E-state index in [1.165, 1.54) is 24.2 Å². The number of nitrogens with one attached hydrogen (secondary N) is 1. The first kappa shape index (κ1) is 16.2. The lowest BCUT2D eigenvalue weighted by molar-refractivity contribution is 0.151. The molecule has 0 aromatic carbocycles. The third-order valence-electron chi connectivity index (χ3n) is 1.87. The molecule has 1 N–H and O–H groups in total. The summed E-state index contributed by atoms with van der Waals surface area (Å²) in [7, 11) is -2.88. The van der Waals surface area contributed by atoms with Crippen molar-refractivity contribution in [2.45, 2.75) is 13.3 Å². The van der Waals surface area contributed by atoms with Crippen LogP contribution in [0.5, 0.6) is 0 Å². The monoisotopic (exact) mass is 269 g/mol. The SMILES string of the molecule is CCSCCCNCCOCCS(C)(=O)=O. The van der Waals surface area contributed by atoms with Crippen molar-refractivity contribution in [3.63, 3.8) is 0 Å². The van der Waals surface area contributed by atoms with Crippen molar-refractivity contribution >= 4 is 21.6 Å². The number of ether oxygens (including phenoxy) is 1. The molecule has 0 unspecified atom stereocenters. The van der Waals surface area contributed by atoms with Crippen molar-refractivity contribution in [3.8, 4) is 0 Å². The third-order valence-corrected chi connectivity index (χ3v) is 3.76. The van der Waals surface area contributed by atoms with Crippen molar-refractivity contribution in [1.29, 1.82) is 0 Å². The van der Waals surface area contributed by atoms with Gasteiger partial charge in [-0.25, -0.2) is 8.42 Å². The van der Waals surface area contributed by atoms with Crippen LogP contribution in [0.2, 0.25) is 0 Å². The molecule has 0 saturated heterocycles. The third kappa shape index (κ3) is 14.2. The van der Waals surface area contributed by atoms with E-state index in [-0.39, 0.29) is 5.75 Å². The van der Waals surface area contributed by atoms with Crippen LogP contribution in [0.15, 0.2) is 0 Å². The number of hydrogen-bond acceptors (Lipinski definition) is 5. The first-order valence-corrected chi connectivity index (χ1v) is 8.81. The van der Waals surface area contributed by atoms with E-state index >= 15 is 0 Å². The van der Waals surface area contributed by atoms with Gasteiger partial charge in [-0.2, -0.15) is 11.8 Å². The summed E-state index contributed by atoms with van der Waals surface area (Å²) in [6.45, 7) is 4.83. The molecule has 0 heterocycles. The molecule has 0 radical (unpaired) electrons. The Bertz CT molecular complexity index is 242. The first-order valence-electron chi connectivity index (χ1n) is 5.60. The normalized spacial score (nSPS) is 11.9. The van der Waals surface area contributed by atoms with Gasteiger partial charge in [0.15, 0.2) is 0 Å². The van der Waals surface area contributed by atoms with Crippen molar-refractivity contribution in [2.24, 2.45) is 0 Å². The van der Waals surface area contributed by atoms with E-state index < -0.39 is 9.84 Å². The predicted molar refractivity (Wildman–Crippen MR) is 71.0 cm³/mol. The molecule has 0 rings (SSSR count). The maximum atomic E-state index is 10.8. The van der Waals surface area contributed by atoms with Crippen molar-refractivity contribution in [1.82, 2.24) is 5.32 Å². The Morgan fingerprint density at radius 3 is 2.62 bits per heavy atom. The molecule has 16 heavy (non-hydrogen) atoms. The minimum Gasteiger partial charge on any atom is -0.379 e. The second-order valence-electron chi connectivity index (χ2n) is 3.54. The Morgan fingerprint density at radius 1 is 1.25 bits per heavy atom. The molecule has 0 spiro atoms. The fraction of sp³-hybridized carbons (Fsp3) is 1.00. The Kier molecular flexibility index (Phi) is 10.5. The van der Waals surface area contributed by atoms with Crippen LogP contribution >= 0.6 is 11.8 Å². The van der Waals surface area contributed by atoms with Gasteiger partial charge < -0.3 is 10.1 Å². The molecule has 6 heteroatoms. The Hall–Kier alpha value is 0.220. The summed E-state index contributed by atoms with van der Waals surface area (Å²) in [5, 5.41) is 3.25. The highest BCUT2D eigenvalue weighted by atomic mass is 32.2. The quantitative estimate of drug-likeness (QED) is 0.562. The van der Waals surface area contributed by atoms with Gasteiger partial charge in [-0.1, -0.05) is 6.92 Å². The smallest absolute Gasteiger partial charge is 0.149 e. The number of hydrogen-bond donors (Lipinski definition) is 1. The van der Waals surface area contributed by atoms with Gasteiger partial charge in [0.25, 0.3) is 0 Å². The number of thioether (sulfide) groups is 1. The van der Waals surface area contributed by atoms with E-state index in [1.54, 1.807) is 0 Å². The minimum atomic E-state index is -2.88. The molecule has 0 amide bonds. The van der Waals surface area contributed by atoms with Crippen LogP contribution in [0.1, 0.15) is 13.3 Å². The van der Waals surface area contributed by atoms with Gasteiger partial charge in [-0.05, 0) is 24.5 Å². The molecular weight excluding hydrogens is 246 g/mol. The zero-order chi connectivity index (χ0) is 12.3. The average Bonchev–Trinajstić information content (AvgIpc) is 2.19. The lowest BCUT2D eigenvalue weighted by Gasteiger charge is -2.05. The molecule has 0 aliphatic rings. The molecule has 0 aromatic heterocycles. The van der Waals surface area contributed by atoms with Crippen LogP contribution < -0.4 is 5.32 Å². The number of sulfone groups is 1. The Morgan fingerprint density at radius 2 is 2.00 bits per heavy atom. The fourth-order valence-corrected chi connectivity index (χ4v) is 2.08. The summed E-state index contributed by atoms with van der Waals surface area (Å²) in [6.07, 6.45) is 2.39. The van der Waals surface area contributed by atoms with Gasteiger partial charge in [0.2, 0.25) is 0 Å². The summed E-state index contributed by atoms with van der Waals surface area (Å²) in [6, 6.07) is 0. The van der Waals surface area contributed by atoms with Gasteiger partial charge in [0.1, 0.15) is 9.84 Å². The fourth-order valence-electron chi connectivity index (χ4n) is 1.03. The van der Waals surface area contributed by atoms with E-state index in [2.05, 4.69) is 12.2 Å². The van der Waals surface area contributed by atoms with Gasteiger partial charge in [-0.3, -0.25) is 0 Å². The zero-order valence-corrected chi connectivity index (χ0v) is 11.8. The topological polar surface area (TPSA) is 55.4 Å². The van der Waals surface area contributed by atoms with Crippen LogP contribution in [0.4, 0.5) is 0 Å². The summed E-state index contributed by atoms with van der Waals surface area (Å²) in [5.41, 5.74) is 0. The molecule has 0 atom stereocenters. The molecule has 0 aromatic rings. The Labute approximate surface area is 103 Å². The van der Waals surface area contributed by atoms with Crippen molar-refractivity contribution < 1.29 is 13.2 Å². The highest BCUT2D eigenvalue weighted by Gasteiger charge is 2.00. The predicted octanol–water partition coefficient (Wildman–Crippen LogP) is 0.780. The summed E-state index contributed by atoms with van der Waals surface area (Å²) >= 11 is 1.94. The van der Waals surface area contributed by atoms with Crippen LogP contribution in [0, 0.1) is 0 Å². The largest absolute Gasteiger partial charge is 0.379 e. The average molecular weight is 269 g/mol. The number of rotatable bonds is 11. The van der Waals surface area contributed by atoms with Gasteiger partial charge in [-0.15, -0.1) is 0 Å². The minimum absolute atomic E-state index is 0.111. The highest BCUT2D eigenvalue weighted by molar-refractivity contribution is 7.99. The summed E-state index contributed by atoms with van der Waals surface area (Å²) < 4.78 is 26.7. The molecule has 98 valence electrons. The van der Waals surface area contributed by atoms with Crippen LogP contribution in [0.25, 0.3) is 0 Å². The van der Waals surface area contributed by atoms with E-state index in [4.69, 9.17) is 4.74 Å². The van der Waals surface area contributed by atoms with Crippen LogP contribution in [-0.2, 0) is 14.6 Å². The lowest BCUT2D eigenvalue weighted by Crippen LogP contribution is -2.22. The second-order valence-corrected chi connectivity index (χ2v) is 7.20. The standard InChI is InChI=1S/C10H23NO3S2/c1-3-15-9-4-5-11-6-7-14-8-10-16(2,12)13/h11H,3-10H2,1-2H3. The van der Waals surface area contributed by atoms with Crippen LogP contribution in [-0.4, -0.2) is 58.2 Å². The zero-order valence-electron chi connectivity index (χ0n) is 10.2. The van der Waals surface area contributed by atoms with E-state index in [0.29, 0.717) is 13.2 Å². The molecule has 0 bridgehead atoms. The molecule has 0 saturated carbocycles. The Balaban J connectivity index is 3.05. The molecule has 0 fully saturated rings. The molecule has 0 aliphatic carbocycles. The maximum Gasteiger partial charge on any atom is 0.149 e. The first-order chi connectivity index (χ1) is 7.56. The second kappa shape index (κ2) is 10.4. The van der Waals surface area contributed by atoms with E-state index in [0.717, 1.165) is 13.1 Å². The summed E-state index contributed by atoms with van der Waals surface area (Å²) in [4.78, 5) is 0. The van der Waals surface area contributed by atoms with Crippen molar-refractivity contribution in [2.75, 3.05) is 49.8 Å².